The van der Waals surface area contributed by atoms with Crippen molar-refractivity contribution >= 4 is 28.2 Å². The Morgan fingerprint density at radius 3 is 2.43 bits per heavy atom. The van der Waals surface area contributed by atoms with Gasteiger partial charge >= 0.3 is 0 Å². The Kier molecular flexibility index (Phi) is 6.07. The molecule has 158 valence electrons. The van der Waals surface area contributed by atoms with Crippen LogP contribution in [-0.4, -0.2) is 38.5 Å². The second-order valence-corrected chi connectivity index (χ2v) is 9.40. The third-order valence-corrected chi connectivity index (χ3v) is 6.13. The summed E-state index contributed by atoms with van der Waals surface area (Å²) in [5, 5.41) is 7.73. The SMILES string of the molecule is Cc1cc(NC(=O)C(C)(C)C)sc1C(=O)N(C)C(C)c1ccc(-n2cncn2)cc1. The number of carbonyl (C=O) groups is 2. The minimum atomic E-state index is -0.494. The molecule has 8 heteroatoms. The molecule has 3 aromatic rings. The number of nitrogens with one attached hydrogen (secondary N) is 1. The minimum Gasteiger partial charge on any atom is -0.334 e. The molecule has 0 fully saturated rings. The molecule has 7 nitrogen and oxygen atoms in total. The van der Waals surface area contributed by atoms with Gasteiger partial charge in [-0.1, -0.05) is 32.9 Å². The highest BCUT2D eigenvalue weighted by atomic mass is 32.1. The molecule has 0 aliphatic rings. The van der Waals surface area contributed by atoms with Crippen molar-refractivity contribution < 1.29 is 9.59 Å². The number of aryl methyl sites for hydroxylation is 1. The Hall–Kier alpha value is -3.00. The van der Waals surface area contributed by atoms with E-state index in [1.54, 1.807) is 23.0 Å². The predicted octanol–water partition coefficient (Wildman–Crippen LogP) is 4.46. The second kappa shape index (κ2) is 8.39. The zero-order valence-electron chi connectivity index (χ0n) is 18.1. The molecule has 0 spiro atoms. The molecule has 3 rings (SSSR count). The average Bonchev–Trinajstić information content (AvgIpc) is 3.35. The number of benzene rings is 1. The van der Waals surface area contributed by atoms with Crippen LogP contribution in [0.15, 0.2) is 43.0 Å². The second-order valence-electron chi connectivity index (χ2n) is 8.35. The first-order valence-electron chi connectivity index (χ1n) is 9.72. The van der Waals surface area contributed by atoms with Gasteiger partial charge in [0.2, 0.25) is 5.91 Å². The summed E-state index contributed by atoms with van der Waals surface area (Å²) in [5.74, 6) is -0.140. The fraction of sp³-hybridized carbons (Fsp3) is 0.364. The first kappa shape index (κ1) is 21.7. The number of amides is 2. The molecule has 2 aromatic heterocycles. The van der Waals surface area contributed by atoms with Crippen molar-refractivity contribution in [3.05, 3.63) is 59.0 Å². The maximum atomic E-state index is 13.1. The van der Waals surface area contributed by atoms with Crippen LogP contribution < -0.4 is 5.32 Å². The molecule has 0 saturated heterocycles. The lowest BCUT2D eigenvalue weighted by molar-refractivity contribution is -0.123. The summed E-state index contributed by atoms with van der Waals surface area (Å²) in [6.07, 6.45) is 3.13. The van der Waals surface area contributed by atoms with E-state index in [4.69, 9.17) is 0 Å². The smallest absolute Gasteiger partial charge is 0.264 e. The molecule has 2 heterocycles. The number of nitrogens with zero attached hydrogens (tertiary/aromatic N) is 4. The van der Waals surface area contributed by atoms with Gasteiger partial charge in [-0.15, -0.1) is 11.3 Å². The molecule has 0 radical (unpaired) electrons. The van der Waals surface area contributed by atoms with Gasteiger partial charge in [-0.05, 0) is 43.2 Å². The van der Waals surface area contributed by atoms with Gasteiger partial charge in [0.1, 0.15) is 12.7 Å². The number of anilines is 1. The quantitative estimate of drug-likeness (QED) is 0.655. The van der Waals surface area contributed by atoms with Crippen LogP contribution in [0.2, 0.25) is 0 Å². The Balaban J connectivity index is 1.74. The lowest BCUT2D eigenvalue weighted by Gasteiger charge is -2.25. The highest BCUT2D eigenvalue weighted by Crippen LogP contribution is 2.31. The third kappa shape index (κ3) is 4.59. The molecule has 1 N–H and O–H groups in total. The molecule has 2 amide bonds. The molecular formula is C22H27N5O2S. The zero-order valence-corrected chi connectivity index (χ0v) is 18.9. The van der Waals surface area contributed by atoms with Crippen molar-refractivity contribution in [3.8, 4) is 5.69 Å². The van der Waals surface area contributed by atoms with Crippen LogP contribution in [0.5, 0.6) is 0 Å². The lowest BCUT2D eigenvalue weighted by Crippen LogP contribution is -2.29. The largest absolute Gasteiger partial charge is 0.334 e. The minimum absolute atomic E-state index is 0.0680. The summed E-state index contributed by atoms with van der Waals surface area (Å²) < 4.78 is 1.69. The maximum Gasteiger partial charge on any atom is 0.264 e. The highest BCUT2D eigenvalue weighted by molar-refractivity contribution is 7.18. The zero-order chi connectivity index (χ0) is 22.1. The van der Waals surface area contributed by atoms with Gasteiger partial charge in [-0.3, -0.25) is 9.59 Å². The Bertz CT molecular complexity index is 1030. The summed E-state index contributed by atoms with van der Waals surface area (Å²) in [4.78, 5) is 31.7. The van der Waals surface area contributed by atoms with E-state index in [0.29, 0.717) is 9.88 Å². The van der Waals surface area contributed by atoms with Crippen LogP contribution in [-0.2, 0) is 4.79 Å². The molecule has 1 unspecified atom stereocenters. The number of thiophene rings is 1. The lowest BCUT2D eigenvalue weighted by atomic mass is 9.96. The Morgan fingerprint density at radius 1 is 1.20 bits per heavy atom. The fourth-order valence-electron chi connectivity index (χ4n) is 2.86. The van der Waals surface area contributed by atoms with Crippen molar-refractivity contribution in [1.82, 2.24) is 19.7 Å². The summed E-state index contributed by atoms with van der Waals surface area (Å²) in [5.41, 5.74) is 2.29. The van der Waals surface area contributed by atoms with E-state index >= 15 is 0 Å². The molecule has 0 saturated carbocycles. The van der Waals surface area contributed by atoms with Gasteiger partial charge in [-0.2, -0.15) is 5.10 Å². The van der Waals surface area contributed by atoms with E-state index in [1.165, 1.54) is 17.7 Å². The van der Waals surface area contributed by atoms with E-state index in [9.17, 15) is 9.59 Å². The van der Waals surface area contributed by atoms with E-state index in [0.717, 1.165) is 16.8 Å². The van der Waals surface area contributed by atoms with Gasteiger partial charge in [0, 0.05) is 12.5 Å². The van der Waals surface area contributed by atoms with E-state index < -0.39 is 5.41 Å². The summed E-state index contributed by atoms with van der Waals surface area (Å²) in [7, 11) is 1.80. The molecule has 30 heavy (non-hydrogen) atoms. The average molecular weight is 426 g/mol. The topological polar surface area (TPSA) is 80.1 Å². The molecule has 0 aliphatic heterocycles. The summed E-state index contributed by atoms with van der Waals surface area (Å²) >= 11 is 1.31. The number of hydrogen-bond donors (Lipinski definition) is 1. The van der Waals surface area contributed by atoms with Crippen molar-refractivity contribution in [3.63, 3.8) is 0 Å². The highest BCUT2D eigenvalue weighted by Gasteiger charge is 2.25. The summed E-state index contributed by atoms with van der Waals surface area (Å²) in [6, 6.07) is 9.62. The Morgan fingerprint density at radius 2 is 1.87 bits per heavy atom. The number of hydrogen-bond acceptors (Lipinski definition) is 5. The van der Waals surface area contributed by atoms with Crippen molar-refractivity contribution in [2.45, 2.75) is 40.7 Å². The van der Waals surface area contributed by atoms with Crippen molar-refractivity contribution in [2.24, 2.45) is 5.41 Å². The molecule has 0 bridgehead atoms. The first-order valence-corrected chi connectivity index (χ1v) is 10.5. The predicted molar refractivity (Wildman–Crippen MR) is 119 cm³/mol. The molecule has 1 atom stereocenters. The molecule has 0 aliphatic carbocycles. The number of aromatic nitrogens is 3. The monoisotopic (exact) mass is 425 g/mol. The van der Waals surface area contributed by atoms with Crippen molar-refractivity contribution in [1.29, 1.82) is 0 Å². The standard InChI is InChI=1S/C22H27N5O2S/c1-14-11-18(25-21(29)22(3,4)5)30-19(14)20(28)26(6)15(2)16-7-9-17(10-8-16)27-13-23-12-24-27/h7-13,15H,1-6H3,(H,25,29). The number of rotatable bonds is 5. The normalized spacial score (nSPS) is 12.5. The maximum absolute atomic E-state index is 13.1. The molecular weight excluding hydrogens is 398 g/mol. The Labute approximate surface area is 180 Å². The first-order chi connectivity index (χ1) is 14.1. The van der Waals surface area contributed by atoms with Crippen LogP contribution in [0.4, 0.5) is 5.00 Å². The van der Waals surface area contributed by atoms with Gasteiger partial charge < -0.3 is 10.2 Å². The fourth-order valence-corrected chi connectivity index (χ4v) is 3.91. The van der Waals surface area contributed by atoms with Crippen LogP contribution >= 0.6 is 11.3 Å². The van der Waals surface area contributed by atoms with E-state index in [-0.39, 0.29) is 17.9 Å². The van der Waals surface area contributed by atoms with Crippen LogP contribution in [0, 0.1) is 12.3 Å². The van der Waals surface area contributed by atoms with Gasteiger partial charge in [-0.25, -0.2) is 9.67 Å². The van der Waals surface area contributed by atoms with Crippen molar-refractivity contribution in [2.75, 3.05) is 12.4 Å². The van der Waals surface area contributed by atoms with Gasteiger partial charge in [0.15, 0.2) is 0 Å². The van der Waals surface area contributed by atoms with Gasteiger partial charge in [0.25, 0.3) is 5.91 Å². The van der Waals surface area contributed by atoms with Gasteiger partial charge in [0.05, 0.1) is 21.6 Å². The third-order valence-electron chi connectivity index (χ3n) is 4.99. The van der Waals surface area contributed by atoms with Crippen LogP contribution in [0.25, 0.3) is 5.69 Å². The van der Waals surface area contributed by atoms with E-state index in [2.05, 4.69) is 15.4 Å². The summed E-state index contributed by atoms with van der Waals surface area (Å²) in [6.45, 7) is 9.46. The number of carbonyl (C=O) groups excluding carboxylic acids is 2. The van der Waals surface area contributed by atoms with Crippen LogP contribution in [0.3, 0.4) is 0 Å². The van der Waals surface area contributed by atoms with Crippen LogP contribution in [0.1, 0.15) is 54.5 Å². The van der Waals surface area contributed by atoms with E-state index in [1.807, 2.05) is 65.0 Å². The molecule has 1 aromatic carbocycles.